The van der Waals surface area contributed by atoms with E-state index in [0.29, 0.717) is 24.5 Å². The van der Waals surface area contributed by atoms with Crippen LogP contribution in [0.2, 0.25) is 0 Å². The predicted molar refractivity (Wildman–Crippen MR) is 91.1 cm³/mol. The van der Waals surface area contributed by atoms with Crippen LogP contribution in [0.1, 0.15) is 28.5 Å². The Morgan fingerprint density at radius 2 is 1.87 bits per heavy atom. The van der Waals surface area contributed by atoms with Crippen LogP contribution in [0.5, 0.6) is 0 Å². The number of aromatic carboxylic acids is 1. The molecule has 0 saturated carbocycles. The molecule has 0 amide bonds. The molecule has 2 aromatic rings. The van der Waals surface area contributed by atoms with Crippen LogP contribution in [0.4, 0.5) is 5.82 Å². The molecule has 0 fully saturated rings. The Morgan fingerprint density at radius 3 is 2.39 bits per heavy atom. The Balaban J connectivity index is 2.69. The Hall–Kier alpha value is -2.40. The summed E-state index contributed by atoms with van der Waals surface area (Å²) in [6.45, 7) is 6.62. The van der Waals surface area contributed by atoms with E-state index in [1.54, 1.807) is 11.0 Å². The molecule has 5 nitrogen and oxygen atoms in total. The van der Waals surface area contributed by atoms with Crippen LogP contribution >= 0.6 is 0 Å². The van der Waals surface area contributed by atoms with Crippen LogP contribution in [0.15, 0.2) is 30.3 Å². The molecule has 2 N–H and O–H groups in total. The van der Waals surface area contributed by atoms with Crippen molar-refractivity contribution < 1.29 is 15.0 Å². The lowest BCUT2D eigenvalue weighted by atomic mass is 9.98. The van der Waals surface area contributed by atoms with E-state index in [-0.39, 0.29) is 12.2 Å². The average Bonchev–Trinajstić information content (AvgIpc) is 2.52. The molecule has 23 heavy (non-hydrogen) atoms. The van der Waals surface area contributed by atoms with Gasteiger partial charge in [-0.2, -0.15) is 0 Å². The lowest BCUT2D eigenvalue weighted by molar-refractivity contribution is 0.0698. The fraction of sp³-hybridized carbons (Fsp3) is 0.333. The Morgan fingerprint density at radius 1 is 1.22 bits per heavy atom. The molecule has 0 spiro atoms. The van der Waals surface area contributed by atoms with E-state index in [9.17, 15) is 15.0 Å². The highest BCUT2D eigenvalue weighted by Crippen LogP contribution is 2.31. The predicted octanol–water partition coefficient (Wildman–Crippen LogP) is 2.88. The first-order chi connectivity index (χ1) is 11.0. The first kappa shape index (κ1) is 17.0. The van der Waals surface area contributed by atoms with Crippen LogP contribution in [0, 0.1) is 13.8 Å². The minimum atomic E-state index is -1.01. The maximum atomic E-state index is 11.9. The largest absolute Gasteiger partial charge is 0.478 e. The highest BCUT2D eigenvalue weighted by Gasteiger charge is 2.22. The number of nitrogens with zero attached hydrogens (tertiary/aromatic N) is 2. The SMILES string of the molecule is CCN(CCO)c1nc(C)cc(-c2ccc(C)cc2)c1C(=O)O. The van der Waals surface area contributed by atoms with Crippen LogP contribution in [-0.4, -0.2) is 40.9 Å². The van der Waals surface area contributed by atoms with Gasteiger partial charge in [-0.1, -0.05) is 29.8 Å². The zero-order valence-electron chi connectivity index (χ0n) is 13.7. The molecule has 122 valence electrons. The van der Waals surface area contributed by atoms with Gasteiger partial charge >= 0.3 is 5.97 Å². The number of pyridine rings is 1. The number of aliphatic hydroxyl groups is 1. The number of aliphatic hydroxyl groups excluding tert-OH is 1. The minimum absolute atomic E-state index is 0.0532. The number of hydrogen-bond donors (Lipinski definition) is 2. The number of aromatic nitrogens is 1. The first-order valence-electron chi connectivity index (χ1n) is 7.65. The molecular weight excluding hydrogens is 292 g/mol. The molecule has 1 aromatic carbocycles. The monoisotopic (exact) mass is 314 g/mol. The number of rotatable bonds is 6. The summed E-state index contributed by atoms with van der Waals surface area (Å²) in [6, 6.07) is 9.55. The van der Waals surface area contributed by atoms with Gasteiger partial charge in [-0.05, 0) is 32.4 Å². The van der Waals surface area contributed by atoms with E-state index in [1.807, 2.05) is 45.0 Å². The van der Waals surface area contributed by atoms with Gasteiger partial charge in [-0.25, -0.2) is 9.78 Å². The molecule has 0 aliphatic carbocycles. The fourth-order valence-electron chi connectivity index (χ4n) is 2.59. The Bertz CT molecular complexity index is 696. The average molecular weight is 314 g/mol. The smallest absolute Gasteiger partial charge is 0.340 e. The van der Waals surface area contributed by atoms with Crippen molar-refractivity contribution >= 4 is 11.8 Å². The number of carboxylic acids is 1. The third-order valence-corrected chi connectivity index (χ3v) is 3.76. The van der Waals surface area contributed by atoms with E-state index in [2.05, 4.69) is 4.98 Å². The van der Waals surface area contributed by atoms with Gasteiger partial charge in [0.1, 0.15) is 11.4 Å². The Kier molecular flexibility index (Phi) is 5.34. The molecule has 2 rings (SSSR count). The summed E-state index contributed by atoms with van der Waals surface area (Å²) < 4.78 is 0. The van der Waals surface area contributed by atoms with Gasteiger partial charge in [-0.3, -0.25) is 0 Å². The van der Waals surface area contributed by atoms with Crippen molar-refractivity contribution in [2.45, 2.75) is 20.8 Å². The molecule has 0 saturated heterocycles. The van der Waals surface area contributed by atoms with Gasteiger partial charge in [0, 0.05) is 24.3 Å². The summed E-state index contributed by atoms with van der Waals surface area (Å²) in [6.07, 6.45) is 0. The summed E-state index contributed by atoms with van der Waals surface area (Å²) >= 11 is 0. The van der Waals surface area contributed by atoms with E-state index < -0.39 is 5.97 Å². The van der Waals surface area contributed by atoms with Gasteiger partial charge in [0.2, 0.25) is 0 Å². The van der Waals surface area contributed by atoms with Crippen molar-refractivity contribution in [3.63, 3.8) is 0 Å². The summed E-state index contributed by atoms with van der Waals surface area (Å²) in [5, 5.41) is 19.0. The Labute approximate surface area is 136 Å². The molecule has 1 aromatic heterocycles. The van der Waals surface area contributed by atoms with Crippen LogP contribution < -0.4 is 4.90 Å². The van der Waals surface area contributed by atoms with Crippen molar-refractivity contribution in [1.82, 2.24) is 4.98 Å². The van der Waals surface area contributed by atoms with E-state index in [1.165, 1.54) is 0 Å². The molecule has 0 aliphatic heterocycles. The maximum absolute atomic E-state index is 11.9. The van der Waals surface area contributed by atoms with Crippen molar-refractivity contribution in [2.24, 2.45) is 0 Å². The molecular formula is C18H22N2O3. The lowest BCUT2D eigenvalue weighted by Crippen LogP contribution is -2.29. The summed E-state index contributed by atoms with van der Waals surface area (Å²) in [7, 11) is 0. The lowest BCUT2D eigenvalue weighted by Gasteiger charge is -2.24. The molecule has 0 aliphatic rings. The topological polar surface area (TPSA) is 73.7 Å². The third-order valence-electron chi connectivity index (χ3n) is 3.76. The molecule has 5 heteroatoms. The van der Waals surface area contributed by atoms with Gasteiger partial charge in [0.15, 0.2) is 0 Å². The van der Waals surface area contributed by atoms with Gasteiger partial charge in [-0.15, -0.1) is 0 Å². The highest BCUT2D eigenvalue weighted by atomic mass is 16.4. The summed E-state index contributed by atoms with van der Waals surface area (Å²) in [4.78, 5) is 18.1. The second-order valence-corrected chi connectivity index (χ2v) is 5.48. The molecule has 0 radical (unpaired) electrons. The zero-order valence-corrected chi connectivity index (χ0v) is 13.7. The molecule has 1 heterocycles. The van der Waals surface area contributed by atoms with E-state index in [4.69, 9.17) is 0 Å². The van der Waals surface area contributed by atoms with Crippen molar-refractivity contribution in [3.8, 4) is 11.1 Å². The van der Waals surface area contributed by atoms with Crippen molar-refractivity contribution in [2.75, 3.05) is 24.6 Å². The first-order valence-corrected chi connectivity index (χ1v) is 7.65. The number of carbonyl (C=O) groups is 1. The van der Waals surface area contributed by atoms with E-state index in [0.717, 1.165) is 16.8 Å². The fourth-order valence-corrected chi connectivity index (χ4v) is 2.59. The number of anilines is 1. The number of benzene rings is 1. The number of carboxylic acid groups (broad SMARTS) is 1. The second kappa shape index (κ2) is 7.24. The van der Waals surface area contributed by atoms with Gasteiger partial charge in [0.25, 0.3) is 0 Å². The van der Waals surface area contributed by atoms with Crippen LogP contribution in [0.25, 0.3) is 11.1 Å². The van der Waals surface area contributed by atoms with Gasteiger partial charge in [0.05, 0.1) is 6.61 Å². The maximum Gasteiger partial charge on any atom is 0.340 e. The van der Waals surface area contributed by atoms with Crippen molar-refractivity contribution in [3.05, 3.63) is 47.2 Å². The molecule has 0 bridgehead atoms. The number of likely N-dealkylation sites (N-methyl/N-ethyl adjacent to an activating group) is 1. The van der Waals surface area contributed by atoms with Crippen molar-refractivity contribution in [1.29, 1.82) is 0 Å². The molecule has 0 atom stereocenters. The van der Waals surface area contributed by atoms with Gasteiger partial charge < -0.3 is 15.1 Å². The minimum Gasteiger partial charge on any atom is -0.478 e. The second-order valence-electron chi connectivity index (χ2n) is 5.48. The molecule has 0 unspecified atom stereocenters. The highest BCUT2D eigenvalue weighted by molar-refractivity contribution is 6.01. The van der Waals surface area contributed by atoms with E-state index >= 15 is 0 Å². The summed E-state index contributed by atoms with van der Waals surface area (Å²) in [5.74, 6) is -0.607. The number of aryl methyl sites for hydroxylation is 2. The quantitative estimate of drug-likeness (QED) is 0.857. The normalized spacial score (nSPS) is 10.6. The number of hydrogen-bond acceptors (Lipinski definition) is 4. The third kappa shape index (κ3) is 3.68. The van der Waals surface area contributed by atoms with Crippen LogP contribution in [-0.2, 0) is 0 Å². The standard InChI is InChI=1S/C18H22N2O3/c1-4-20(9-10-21)17-16(18(22)23)15(11-13(3)19-17)14-7-5-12(2)6-8-14/h5-8,11,21H,4,9-10H2,1-3H3,(H,22,23). The zero-order chi connectivity index (χ0) is 17.0. The van der Waals surface area contributed by atoms with Crippen LogP contribution in [0.3, 0.4) is 0 Å². The summed E-state index contributed by atoms with van der Waals surface area (Å²) in [5.41, 5.74) is 3.54.